The molecule has 0 aliphatic rings. The Kier molecular flexibility index (Phi) is 3.09. The van der Waals surface area contributed by atoms with Crippen molar-refractivity contribution in [2.24, 2.45) is 0 Å². The van der Waals surface area contributed by atoms with Gasteiger partial charge >= 0.3 is 0 Å². The lowest BCUT2D eigenvalue weighted by Gasteiger charge is -1.90. The van der Waals surface area contributed by atoms with E-state index >= 15 is 0 Å². The van der Waals surface area contributed by atoms with Gasteiger partial charge in [-0.2, -0.15) is 0 Å². The molecule has 0 bridgehead atoms. The molecule has 0 unspecified atom stereocenters. The van der Waals surface area contributed by atoms with Gasteiger partial charge in [0.15, 0.2) is 0 Å². The zero-order valence-electron chi connectivity index (χ0n) is 7.59. The van der Waals surface area contributed by atoms with Crippen molar-refractivity contribution in [2.45, 2.75) is 33.1 Å². The van der Waals surface area contributed by atoms with Crippen molar-refractivity contribution in [2.75, 3.05) is 0 Å². The van der Waals surface area contributed by atoms with Gasteiger partial charge in [0.2, 0.25) is 0 Å². The minimum atomic E-state index is 0.262. The number of hydrogen-bond donors (Lipinski definition) is 0. The van der Waals surface area contributed by atoms with E-state index in [1.54, 1.807) is 6.26 Å². The zero-order valence-corrected chi connectivity index (χ0v) is 7.59. The molecule has 0 radical (unpaired) electrons. The van der Waals surface area contributed by atoms with Crippen molar-refractivity contribution in [1.29, 1.82) is 0 Å². The van der Waals surface area contributed by atoms with E-state index in [2.05, 4.69) is 0 Å². The van der Waals surface area contributed by atoms with E-state index < -0.39 is 0 Å². The monoisotopic (exact) mass is 166 g/mol. The number of rotatable bonds is 4. The van der Waals surface area contributed by atoms with E-state index in [1.165, 1.54) is 0 Å². The van der Waals surface area contributed by atoms with Crippen molar-refractivity contribution >= 4 is 5.78 Å². The average molecular weight is 166 g/mol. The Morgan fingerprint density at radius 2 is 2.25 bits per heavy atom. The van der Waals surface area contributed by atoms with Gasteiger partial charge in [-0.05, 0) is 11.6 Å². The fourth-order valence-corrected chi connectivity index (χ4v) is 1.06. The van der Waals surface area contributed by atoms with Crippen LogP contribution in [-0.4, -0.2) is 5.78 Å². The molecule has 2 nitrogen and oxygen atoms in total. The van der Waals surface area contributed by atoms with Crippen molar-refractivity contribution in [3.63, 3.8) is 0 Å². The Hall–Kier alpha value is -1.05. The highest BCUT2D eigenvalue weighted by atomic mass is 16.3. The van der Waals surface area contributed by atoms with E-state index in [0.29, 0.717) is 12.8 Å². The predicted molar refractivity (Wildman–Crippen MR) is 47.1 cm³/mol. The third-order valence-electron chi connectivity index (χ3n) is 1.85. The van der Waals surface area contributed by atoms with Crippen LogP contribution in [0, 0.1) is 0 Å². The molecule has 0 aromatic carbocycles. The van der Waals surface area contributed by atoms with Gasteiger partial charge in [-0.1, -0.05) is 13.8 Å². The number of carbonyl (C=O) groups excluding carboxylic acids is 1. The van der Waals surface area contributed by atoms with E-state index in [-0.39, 0.29) is 5.78 Å². The zero-order chi connectivity index (χ0) is 8.97. The van der Waals surface area contributed by atoms with Crippen LogP contribution >= 0.6 is 0 Å². The molecule has 0 saturated carbocycles. The molecule has 2 heteroatoms. The van der Waals surface area contributed by atoms with Crippen LogP contribution in [0.25, 0.3) is 0 Å². The lowest BCUT2D eigenvalue weighted by Crippen LogP contribution is -1.98. The smallest absolute Gasteiger partial charge is 0.137 e. The van der Waals surface area contributed by atoms with Crippen LogP contribution in [0.15, 0.2) is 16.7 Å². The molecule has 1 rings (SSSR count). The average Bonchev–Trinajstić information content (AvgIpc) is 2.52. The summed E-state index contributed by atoms with van der Waals surface area (Å²) in [5.41, 5.74) is 0.999. The van der Waals surface area contributed by atoms with Gasteiger partial charge in [0.1, 0.15) is 11.5 Å². The van der Waals surface area contributed by atoms with Crippen molar-refractivity contribution in [3.8, 4) is 0 Å². The number of furan rings is 1. The molecule has 0 spiro atoms. The summed E-state index contributed by atoms with van der Waals surface area (Å²) in [6, 6.07) is 1.95. The van der Waals surface area contributed by atoms with Crippen LogP contribution in [0.5, 0.6) is 0 Å². The Balaban J connectivity index is 2.58. The first-order chi connectivity index (χ1) is 5.76. The lowest BCUT2D eigenvalue weighted by molar-refractivity contribution is -0.118. The summed E-state index contributed by atoms with van der Waals surface area (Å²) in [5, 5.41) is 0. The maximum atomic E-state index is 11.0. The van der Waals surface area contributed by atoms with Gasteiger partial charge in [-0.15, -0.1) is 0 Å². The summed E-state index contributed by atoms with van der Waals surface area (Å²) < 4.78 is 5.21. The number of ketones is 1. The van der Waals surface area contributed by atoms with Crippen molar-refractivity contribution < 1.29 is 9.21 Å². The Morgan fingerprint density at radius 3 is 2.75 bits per heavy atom. The summed E-state index contributed by atoms with van der Waals surface area (Å²) in [7, 11) is 0. The third kappa shape index (κ3) is 2.22. The lowest BCUT2D eigenvalue weighted by atomic mass is 10.1. The van der Waals surface area contributed by atoms with E-state index in [1.807, 2.05) is 19.9 Å². The minimum Gasteiger partial charge on any atom is -0.469 e. The Bertz CT molecular complexity index is 261. The van der Waals surface area contributed by atoms with Crippen LogP contribution in [0.2, 0.25) is 0 Å². The molecule has 12 heavy (non-hydrogen) atoms. The molecule has 1 heterocycles. The highest BCUT2D eigenvalue weighted by molar-refractivity contribution is 5.80. The normalized spacial score (nSPS) is 10.2. The SMILES string of the molecule is CCC(=O)Cc1coc(CC)c1. The quantitative estimate of drug-likeness (QED) is 0.687. The number of carbonyl (C=O) groups is 1. The van der Waals surface area contributed by atoms with Crippen LogP contribution in [0.4, 0.5) is 0 Å². The summed E-state index contributed by atoms with van der Waals surface area (Å²) in [4.78, 5) is 11.0. The summed E-state index contributed by atoms with van der Waals surface area (Å²) >= 11 is 0. The standard InChI is InChI=1S/C10H14O2/c1-3-9(11)5-8-6-10(4-2)12-7-8/h6-7H,3-5H2,1-2H3. The van der Waals surface area contributed by atoms with Gasteiger partial charge in [-0.25, -0.2) is 0 Å². The van der Waals surface area contributed by atoms with Gasteiger partial charge in [0.25, 0.3) is 0 Å². The van der Waals surface area contributed by atoms with Crippen molar-refractivity contribution in [1.82, 2.24) is 0 Å². The maximum Gasteiger partial charge on any atom is 0.137 e. The molecular formula is C10H14O2. The fraction of sp³-hybridized carbons (Fsp3) is 0.500. The second-order valence-corrected chi connectivity index (χ2v) is 2.84. The highest BCUT2D eigenvalue weighted by Gasteiger charge is 2.03. The first kappa shape index (κ1) is 9.04. The first-order valence-corrected chi connectivity index (χ1v) is 4.34. The van der Waals surface area contributed by atoms with Crippen LogP contribution in [0.1, 0.15) is 31.6 Å². The van der Waals surface area contributed by atoms with Gasteiger partial charge < -0.3 is 4.42 Å². The highest BCUT2D eigenvalue weighted by Crippen LogP contribution is 2.09. The fourth-order valence-electron chi connectivity index (χ4n) is 1.06. The second-order valence-electron chi connectivity index (χ2n) is 2.84. The molecule has 0 aliphatic carbocycles. The molecule has 0 amide bonds. The molecule has 66 valence electrons. The largest absolute Gasteiger partial charge is 0.469 e. The molecular weight excluding hydrogens is 152 g/mol. The van der Waals surface area contributed by atoms with Gasteiger partial charge in [-0.3, -0.25) is 4.79 Å². The molecule has 0 aliphatic heterocycles. The molecule has 0 fully saturated rings. The maximum absolute atomic E-state index is 11.0. The molecule has 1 aromatic heterocycles. The summed E-state index contributed by atoms with van der Waals surface area (Å²) in [6.45, 7) is 3.91. The third-order valence-corrected chi connectivity index (χ3v) is 1.85. The Labute approximate surface area is 72.6 Å². The van der Waals surface area contributed by atoms with Gasteiger partial charge in [0.05, 0.1) is 6.26 Å². The topological polar surface area (TPSA) is 30.2 Å². The number of Topliss-reactive ketones (excluding diaryl/α,β-unsaturated/α-hetero) is 1. The van der Waals surface area contributed by atoms with E-state index in [0.717, 1.165) is 17.7 Å². The molecule has 0 N–H and O–H groups in total. The summed E-state index contributed by atoms with van der Waals surface area (Å²) in [5.74, 6) is 1.22. The molecule has 0 atom stereocenters. The van der Waals surface area contributed by atoms with E-state index in [4.69, 9.17) is 4.42 Å². The van der Waals surface area contributed by atoms with E-state index in [9.17, 15) is 4.79 Å². The minimum absolute atomic E-state index is 0.262. The number of aryl methyl sites for hydroxylation is 1. The second kappa shape index (κ2) is 4.10. The van der Waals surface area contributed by atoms with Crippen LogP contribution in [0.3, 0.4) is 0 Å². The Morgan fingerprint density at radius 1 is 1.50 bits per heavy atom. The summed E-state index contributed by atoms with van der Waals surface area (Å²) in [6.07, 6.45) is 3.68. The van der Waals surface area contributed by atoms with Crippen LogP contribution in [-0.2, 0) is 17.6 Å². The predicted octanol–water partition coefficient (Wildman–Crippen LogP) is 2.36. The molecule has 1 aromatic rings. The number of hydrogen-bond acceptors (Lipinski definition) is 2. The first-order valence-electron chi connectivity index (χ1n) is 4.34. The van der Waals surface area contributed by atoms with Gasteiger partial charge in [0, 0.05) is 19.3 Å². The molecule has 0 saturated heterocycles. The van der Waals surface area contributed by atoms with Crippen molar-refractivity contribution in [3.05, 3.63) is 23.7 Å². The van der Waals surface area contributed by atoms with Crippen LogP contribution < -0.4 is 0 Å².